The molecule has 0 atom stereocenters. The maximum atomic E-state index is 9.76. The third kappa shape index (κ3) is 5.27. The molecule has 4 aromatic rings. The zero-order chi connectivity index (χ0) is 23.0. The minimum atomic E-state index is 0.0732. The highest BCUT2D eigenvalue weighted by molar-refractivity contribution is 5.81. The van der Waals surface area contributed by atoms with Crippen LogP contribution in [-0.2, 0) is 6.42 Å². The molecule has 0 radical (unpaired) electrons. The summed E-state index contributed by atoms with van der Waals surface area (Å²) >= 11 is 0. The SMILES string of the molecule is COc1cc(/C=N/Nc2nnc(-c3ccccc3)cc2Cc2ccccc2OC)ccc1O. The lowest BCUT2D eigenvalue weighted by molar-refractivity contribution is 0.373. The highest BCUT2D eigenvalue weighted by Crippen LogP contribution is 2.27. The van der Waals surface area contributed by atoms with Crippen molar-refractivity contribution in [3.8, 4) is 28.5 Å². The highest BCUT2D eigenvalue weighted by atomic mass is 16.5. The Morgan fingerprint density at radius 2 is 1.61 bits per heavy atom. The van der Waals surface area contributed by atoms with Crippen molar-refractivity contribution in [2.24, 2.45) is 5.10 Å². The maximum absolute atomic E-state index is 9.76. The number of rotatable bonds is 8. The molecule has 0 amide bonds. The molecule has 0 spiro atoms. The molecular weight excluding hydrogens is 416 g/mol. The summed E-state index contributed by atoms with van der Waals surface area (Å²) in [4.78, 5) is 0. The summed E-state index contributed by atoms with van der Waals surface area (Å²) in [5.74, 6) is 1.80. The Hall–Kier alpha value is -4.39. The van der Waals surface area contributed by atoms with Gasteiger partial charge in [0.2, 0.25) is 0 Å². The number of phenols is 1. The lowest BCUT2D eigenvalue weighted by atomic mass is 10.0. The molecule has 33 heavy (non-hydrogen) atoms. The predicted molar refractivity (Wildman–Crippen MR) is 129 cm³/mol. The number of nitrogens with one attached hydrogen (secondary N) is 1. The minimum absolute atomic E-state index is 0.0732. The Labute approximate surface area is 192 Å². The van der Waals surface area contributed by atoms with Crippen LogP contribution in [0.4, 0.5) is 5.82 Å². The van der Waals surface area contributed by atoms with Crippen LogP contribution < -0.4 is 14.9 Å². The van der Waals surface area contributed by atoms with Gasteiger partial charge in [-0.25, -0.2) is 0 Å². The Kier molecular flexibility index (Phi) is 6.80. The highest BCUT2D eigenvalue weighted by Gasteiger charge is 2.12. The number of benzene rings is 3. The van der Waals surface area contributed by atoms with E-state index in [0.29, 0.717) is 18.0 Å². The van der Waals surface area contributed by atoms with Crippen molar-refractivity contribution in [2.45, 2.75) is 6.42 Å². The standard InChI is InChI=1S/C26H24N4O3/c1-32-24-11-7-6-10-20(24)15-21-16-22(19-8-4-3-5-9-19)28-30-26(21)29-27-17-18-12-13-23(31)25(14-18)33-2/h3-14,16-17,31H,15H2,1-2H3,(H,29,30)/b27-17+. The summed E-state index contributed by atoms with van der Waals surface area (Å²) in [6.45, 7) is 0. The second kappa shape index (κ2) is 10.3. The molecule has 0 aliphatic heterocycles. The van der Waals surface area contributed by atoms with Gasteiger partial charge >= 0.3 is 0 Å². The third-order valence-corrected chi connectivity index (χ3v) is 5.10. The molecule has 3 aromatic carbocycles. The van der Waals surface area contributed by atoms with E-state index in [1.54, 1.807) is 31.5 Å². The quantitative estimate of drug-likeness (QED) is 0.299. The first-order valence-electron chi connectivity index (χ1n) is 10.4. The molecule has 2 N–H and O–H groups in total. The normalized spacial score (nSPS) is 10.8. The van der Waals surface area contributed by atoms with Crippen LogP contribution in [0.3, 0.4) is 0 Å². The minimum Gasteiger partial charge on any atom is -0.504 e. The van der Waals surface area contributed by atoms with E-state index in [2.05, 4.69) is 20.7 Å². The number of para-hydroxylation sites is 1. The van der Waals surface area contributed by atoms with Gasteiger partial charge in [0, 0.05) is 17.5 Å². The number of nitrogens with zero attached hydrogens (tertiary/aromatic N) is 3. The number of hydrogen-bond donors (Lipinski definition) is 2. The summed E-state index contributed by atoms with van der Waals surface area (Å²) in [7, 11) is 3.16. The molecule has 1 heterocycles. The van der Waals surface area contributed by atoms with E-state index >= 15 is 0 Å². The van der Waals surface area contributed by atoms with Crippen molar-refractivity contribution in [1.82, 2.24) is 10.2 Å². The van der Waals surface area contributed by atoms with E-state index in [-0.39, 0.29) is 5.75 Å². The first-order chi connectivity index (χ1) is 16.2. The van der Waals surface area contributed by atoms with Gasteiger partial charge in [0.05, 0.1) is 26.1 Å². The monoisotopic (exact) mass is 440 g/mol. The van der Waals surface area contributed by atoms with E-state index in [1.807, 2.05) is 60.7 Å². The van der Waals surface area contributed by atoms with Gasteiger partial charge in [0.25, 0.3) is 0 Å². The van der Waals surface area contributed by atoms with Crippen LogP contribution in [0, 0.1) is 0 Å². The van der Waals surface area contributed by atoms with Gasteiger partial charge < -0.3 is 14.6 Å². The van der Waals surface area contributed by atoms with Crippen molar-refractivity contribution < 1.29 is 14.6 Å². The van der Waals surface area contributed by atoms with Crippen LogP contribution in [0.25, 0.3) is 11.3 Å². The van der Waals surface area contributed by atoms with Gasteiger partial charge in [0.15, 0.2) is 17.3 Å². The van der Waals surface area contributed by atoms with Crippen molar-refractivity contribution in [1.29, 1.82) is 0 Å². The number of methoxy groups -OCH3 is 2. The number of hydrazone groups is 1. The Morgan fingerprint density at radius 1 is 0.848 bits per heavy atom. The zero-order valence-electron chi connectivity index (χ0n) is 18.4. The fraction of sp³-hybridized carbons (Fsp3) is 0.115. The van der Waals surface area contributed by atoms with E-state index in [0.717, 1.165) is 33.7 Å². The number of ether oxygens (including phenoxy) is 2. The van der Waals surface area contributed by atoms with Gasteiger partial charge in [-0.05, 0) is 41.5 Å². The summed E-state index contributed by atoms with van der Waals surface area (Å²) in [5.41, 5.74) is 7.48. The first kappa shape index (κ1) is 21.8. The molecule has 1 aromatic heterocycles. The lowest BCUT2D eigenvalue weighted by Crippen LogP contribution is -2.04. The predicted octanol–water partition coefficient (Wildman–Crippen LogP) is 4.90. The maximum Gasteiger partial charge on any atom is 0.172 e. The number of hydrogen-bond acceptors (Lipinski definition) is 7. The molecule has 166 valence electrons. The van der Waals surface area contributed by atoms with E-state index in [4.69, 9.17) is 9.47 Å². The van der Waals surface area contributed by atoms with Crippen LogP contribution in [0.2, 0.25) is 0 Å². The number of anilines is 1. The van der Waals surface area contributed by atoms with Gasteiger partial charge in [-0.3, -0.25) is 5.43 Å². The molecule has 4 rings (SSSR count). The lowest BCUT2D eigenvalue weighted by Gasteiger charge is -2.12. The molecule has 7 nitrogen and oxygen atoms in total. The third-order valence-electron chi connectivity index (χ3n) is 5.10. The molecule has 0 saturated heterocycles. The largest absolute Gasteiger partial charge is 0.504 e. The Morgan fingerprint density at radius 3 is 2.39 bits per heavy atom. The van der Waals surface area contributed by atoms with Crippen LogP contribution >= 0.6 is 0 Å². The van der Waals surface area contributed by atoms with Crippen LogP contribution in [0.15, 0.2) is 84.0 Å². The van der Waals surface area contributed by atoms with Crippen molar-refractivity contribution in [2.75, 3.05) is 19.6 Å². The van der Waals surface area contributed by atoms with Crippen LogP contribution in [-0.4, -0.2) is 35.7 Å². The Balaban J connectivity index is 1.65. The molecule has 0 saturated carbocycles. The number of aromatic nitrogens is 2. The van der Waals surface area contributed by atoms with E-state index < -0.39 is 0 Å². The number of phenolic OH excluding ortho intramolecular Hbond substituents is 1. The average Bonchev–Trinajstić information content (AvgIpc) is 2.86. The summed E-state index contributed by atoms with van der Waals surface area (Å²) in [5, 5.41) is 22.9. The molecule has 0 fully saturated rings. The van der Waals surface area contributed by atoms with Gasteiger partial charge in [-0.15, -0.1) is 10.2 Å². The summed E-state index contributed by atoms with van der Waals surface area (Å²) < 4.78 is 10.7. The molecule has 0 bridgehead atoms. The molecular formula is C26H24N4O3. The zero-order valence-corrected chi connectivity index (χ0v) is 18.4. The van der Waals surface area contributed by atoms with Crippen molar-refractivity contribution in [3.63, 3.8) is 0 Å². The van der Waals surface area contributed by atoms with Gasteiger partial charge in [0.1, 0.15) is 5.75 Å². The van der Waals surface area contributed by atoms with Crippen molar-refractivity contribution >= 4 is 12.0 Å². The second-order valence-electron chi connectivity index (χ2n) is 7.26. The fourth-order valence-corrected chi connectivity index (χ4v) is 3.41. The van der Waals surface area contributed by atoms with E-state index in [1.165, 1.54) is 7.11 Å². The number of aromatic hydroxyl groups is 1. The van der Waals surface area contributed by atoms with E-state index in [9.17, 15) is 5.11 Å². The first-order valence-corrected chi connectivity index (χ1v) is 10.4. The fourth-order valence-electron chi connectivity index (χ4n) is 3.41. The Bertz CT molecular complexity index is 1260. The summed E-state index contributed by atoms with van der Waals surface area (Å²) in [6.07, 6.45) is 2.21. The van der Waals surface area contributed by atoms with Crippen LogP contribution in [0.5, 0.6) is 17.2 Å². The van der Waals surface area contributed by atoms with Crippen molar-refractivity contribution in [3.05, 3.63) is 95.6 Å². The topological polar surface area (TPSA) is 88.9 Å². The van der Waals surface area contributed by atoms with Gasteiger partial charge in [-0.1, -0.05) is 48.5 Å². The molecule has 0 aliphatic carbocycles. The average molecular weight is 441 g/mol. The smallest absolute Gasteiger partial charge is 0.172 e. The molecule has 7 heteroatoms. The molecule has 0 aliphatic rings. The molecule has 0 unspecified atom stereocenters. The van der Waals surface area contributed by atoms with Gasteiger partial charge in [-0.2, -0.15) is 5.10 Å². The second-order valence-corrected chi connectivity index (χ2v) is 7.26. The summed E-state index contributed by atoms with van der Waals surface area (Å²) in [6, 6.07) is 24.8. The van der Waals surface area contributed by atoms with Crippen LogP contribution in [0.1, 0.15) is 16.7 Å².